The zero-order valence-corrected chi connectivity index (χ0v) is 11.2. The summed E-state index contributed by atoms with van der Waals surface area (Å²) in [5.41, 5.74) is 6.11. The highest BCUT2D eigenvalue weighted by molar-refractivity contribution is 4.88. The van der Waals surface area contributed by atoms with E-state index in [-0.39, 0.29) is 5.54 Å². The van der Waals surface area contributed by atoms with Crippen molar-refractivity contribution in [1.29, 1.82) is 0 Å². The van der Waals surface area contributed by atoms with Crippen LogP contribution in [-0.4, -0.2) is 42.8 Å². The Labute approximate surface area is 100 Å². The lowest BCUT2D eigenvalue weighted by Gasteiger charge is -2.41. The molecular weight excluding hydrogens is 200 g/mol. The minimum atomic E-state index is 0.148. The second-order valence-electron chi connectivity index (χ2n) is 5.12. The summed E-state index contributed by atoms with van der Waals surface area (Å²) < 4.78 is 5.72. The van der Waals surface area contributed by atoms with Crippen molar-refractivity contribution in [3.05, 3.63) is 0 Å². The van der Waals surface area contributed by atoms with Gasteiger partial charge in [0.2, 0.25) is 0 Å². The van der Waals surface area contributed by atoms with Crippen LogP contribution in [0.3, 0.4) is 0 Å². The predicted octanol–water partition coefficient (Wildman–Crippen LogP) is 2.00. The van der Waals surface area contributed by atoms with E-state index in [1.807, 2.05) is 0 Å². The van der Waals surface area contributed by atoms with Gasteiger partial charge in [0.25, 0.3) is 0 Å². The molecule has 1 aliphatic rings. The fourth-order valence-electron chi connectivity index (χ4n) is 2.69. The van der Waals surface area contributed by atoms with Crippen LogP contribution in [0.4, 0.5) is 0 Å². The summed E-state index contributed by atoms with van der Waals surface area (Å²) in [6.45, 7) is 10.5. The summed E-state index contributed by atoms with van der Waals surface area (Å²) in [4.78, 5) is 2.51. The van der Waals surface area contributed by atoms with Crippen LogP contribution in [0.5, 0.6) is 0 Å². The number of rotatable bonds is 7. The van der Waals surface area contributed by atoms with Gasteiger partial charge in [-0.05, 0) is 32.7 Å². The number of nitrogens with zero attached hydrogens (tertiary/aromatic N) is 1. The molecule has 0 radical (unpaired) electrons. The van der Waals surface area contributed by atoms with Gasteiger partial charge in [-0.2, -0.15) is 0 Å². The zero-order chi connectivity index (χ0) is 12.0. The second kappa shape index (κ2) is 6.58. The molecular formula is C13H28N2O. The van der Waals surface area contributed by atoms with Gasteiger partial charge in [0.05, 0.1) is 6.10 Å². The van der Waals surface area contributed by atoms with Gasteiger partial charge in [0, 0.05) is 25.2 Å². The molecule has 2 N–H and O–H groups in total. The van der Waals surface area contributed by atoms with E-state index in [1.165, 1.54) is 25.7 Å². The highest BCUT2D eigenvalue weighted by atomic mass is 16.5. The van der Waals surface area contributed by atoms with E-state index in [0.717, 1.165) is 26.2 Å². The van der Waals surface area contributed by atoms with Crippen LogP contribution < -0.4 is 5.73 Å². The normalized spacial score (nSPS) is 24.9. The Kier molecular flexibility index (Phi) is 5.73. The number of nitrogens with two attached hydrogens (primary N) is 1. The smallest absolute Gasteiger partial charge is 0.0703 e. The average molecular weight is 228 g/mol. The minimum absolute atomic E-state index is 0.148. The molecule has 2 atom stereocenters. The fraction of sp³-hybridized carbons (Fsp3) is 1.00. The first-order valence-corrected chi connectivity index (χ1v) is 6.73. The third-order valence-corrected chi connectivity index (χ3v) is 3.82. The van der Waals surface area contributed by atoms with Crippen LogP contribution in [0.1, 0.15) is 46.5 Å². The molecule has 2 unspecified atom stereocenters. The molecule has 0 aromatic rings. The maximum atomic E-state index is 5.96. The lowest BCUT2D eigenvalue weighted by molar-refractivity contribution is 0.0272. The molecule has 3 nitrogen and oxygen atoms in total. The Bertz CT molecular complexity index is 192. The summed E-state index contributed by atoms with van der Waals surface area (Å²) in [7, 11) is 0. The van der Waals surface area contributed by atoms with Crippen molar-refractivity contribution < 1.29 is 4.74 Å². The van der Waals surface area contributed by atoms with Crippen molar-refractivity contribution in [3.63, 3.8) is 0 Å². The van der Waals surface area contributed by atoms with Crippen LogP contribution in [0.15, 0.2) is 0 Å². The topological polar surface area (TPSA) is 38.5 Å². The molecule has 1 aliphatic heterocycles. The third-order valence-electron chi connectivity index (χ3n) is 3.82. The molecule has 1 saturated heterocycles. The maximum absolute atomic E-state index is 5.96. The summed E-state index contributed by atoms with van der Waals surface area (Å²) >= 11 is 0. The van der Waals surface area contributed by atoms with Crippen molar-refractivity contribution in [1.82, 2.24) is 4.90 Å². The van der Waals surface area contributed by atoms with E-state index >= 15 is 0 Å². The van der Waals surface area contributed by atoms with Gasteiger partial charge in [0.15, 0.2) is 0 Å². The Balaban J connectivity index is 2.55. The molecule has 1 rings (SSSR count). The number of likely N-dealkylation sites (N-methyl/N-ethyl adjacent to an activating group) is 1. The molecule has 0 aliphatic carbocycles. The third kappa shape index (κ3) is 3.44. The SMILES string of the molecule is CCCC(C)(CN)N(CC)CC1CCCO1. The molecule has 0 saturated carbocycles. The van der Waals surface area contributed by atoms with E-state index in [9.17, 15) is 0 Å². The van der Waals surface area contributed by atoms with E-state index in [1.54, 1.807) is 0 Å². The van der Waals surface area contributed by atoms with Gasteiger partial charge < -0.3 is 10.5 Å². The van der Waals surface area contributed by atoms with Gasteiger partial charge in [0.1, 0.15) is 0 Å². The van der Waals surface area contributed by atoms with Crippen LogP contribution in [-0.2, 0) is 4.74 Å². The van der Waals surface area contributed by atoms with Gasteiger partial charge in [-0.3, -0.25) is 4.90 Å². The second-order valence-corrected chi connectivity index (χ2v) is 5.12. The van der Waals surface area contributed by atoms with Gasteiger partial charge in [-0.25, -0.2) is 0 Å². The van der Waals surface area contributed by atoms with Gasteiger partial charge >= 0.3 is 0 Å². The molecule has 96 valence electrons. The Morgan fingerprint density at radius 2 is 2.19 bits per heavy atom. The summed E-state index contributed by atoms with van der Waals surface area (Å²) in [5, 5.41) is 0. The van der Waals surface area contributed by atoms with E-state index in [4.69, 9.17) is 10.5 Å². The first-order valence-electron chi connectivity index (χ1n) is 6.73. The number of hydrogen-bond donors (Lipinski definition) is 1. The molecule has 0 aromatic heterocycles. The fourth-order valence-corrected chi connectivity index (χ4v) is 2.69. The molecule has 16 heavy (non-hydrogen) atoms. The van der Waals surface area contributed by atoms with Crippen LogP contribution in [0, 0.1) is 0 Å². The minimum Gasteiger partial charge on any atom is -0.377 e. The standard InChI is InChI=1S/C13H28N2O/c1-4-8-13(3,11-14)15(5-2)10-12-7-6-9-16-12/h12H,4-11,14H2,1-3H3. The molecule has 0 amide bonds. The van der Waals surface area contributed by atoms with Gasteiger partial charge in [-0.15, -0.1) is 0 Å². The quantitative estimate of drug-likeness (QED) is 0.724. The highest BCUT2D eigenvalue weighted by Crippen LogP contribution is 2.23. The van der Waals surface area contributed by atoms with Crippen molar-refractivity contribution in [3.8, 4) is 0 Å². The van der Waals surface area contributed by atoms with E-state index in [2.05, 4.69) is 25.7 Å². The van der Waals surface area contributed by atoms with Crippen LogP contribution in [0.25, 0.3) is 0 Å². The average Bonchev–Trinajstić information content (AvgIpc) is 2.78. The Hall–Kier alpha value is -0.120. The van der Waals surface area contributed by atoms with Crippen molar-refractivity contribution in [2.75, 3.05) is 26.2 Å². The largest absolute Gasteiger partial charge is 0.377 e. The molecule has 0 aromatic carbocycles. The Morgan fingerprint density at radius 1 is 1.44 bits per heavy atom. The molecule has 0 bridgehead atoms. The maximum Gasteiger partial charge on any atom is 0.0703 e. The lowest BCUT2D eigenvalue weighted by atomic mass is 9.93. The van der Waals surface area contributed by atoms with Crippen LogP contribution in [0.2, 0.25) is 0 Å². The zero-order valence-electron chi connectivity index (χ0n) is 11.2. The van der Waals surface area contributed by atoms with Crippen molar-refractivity contribution in [2.45, 2.75) is 58.1 Å². The molecule has 3 heteroatoms. The summed E-state index contributed by atoms with van der Waals surface area (Å²) in [6, 6.07) is 0. The van der Waals surface area contributed by atoms with E-state index in [0.29, 0.717) is 6.10 Å². The monoisotopic (exact) mass is 228 g/mol. The lowest BCUT2D eigenvalue weighted by Crippen LogP contribution is -2.53. The van der Waals surface area contributed by atoms with Crippen molar-refractivity contribution in [2.24, 2.45) is 5.73 Å². The van der Waals surface area contributed by atoms with Gasteiger partial charge in [-0.1, -0.05) is 20.3 Å². The predicted molar refractivity (Wildman–Crippen MR) is 68.6 cm³/mol. The first-order chi connectivity index (χ1) is 7.66. The molecule has 0 spiro atoms. The van der Waals surface area contributed by atoms with Crippen molar-refractivity contribution >= 4 is 0 Å². The summed E-state index contributed by atoms with van der Waals surface area (Å²) in [6.07, 6.45) is 5.22. The highest BCUT2D eigenvalue weighted by Gasteiger charge is 2.31. The summed E-state index contributed by atoms with van der Waals surface area (Å²) in [5.74, 6) is 0. The Morgan fingerprint density at radius 3 is 2.62 bits per heavy atom. The number of ether oxygens (including phenoxy) is 1. The number of hydrogen-bond acceptors (Lipinski definition) is 3. The first kappa shape index (κ1) is 13.9. The molecule has 1 fully saturated rings. The van der Waals surface area contributed by atoms with E-state index < -0.39 is 0 Å². The van der Waals surface area contributed by atoms with Crippen LogP contribution >= 0.6 is 0 Å². The molecule has 1 heterocycles.